The number of rotatable bonds is 4. The summed E-state index contributed by atoms with van der Waals surface area (Å²) in [6, 6.07) is 11.6. The first-order valence-corrected chi connectivity index (χ1v) is 6.02. The normalized spacial score (nSPS) is 11.7. The molecule has 3 heteroatoms. The highest BCUT2D eigenvalue weighted by Gasteiger charge is 2.03. The maximum atomic E-state index is 4.57. The lowest BCUT2D eigenvalue weighted by Crippen LogP contribution is -1.99. The SMILES string of the molecule is C=C/C=C\N=C(/C)c1cccc(-c2ccccn2)n1. The van der Waals surface area contributed by atoms with Gasteiger partial charge in [0.2, 0.25) is 0 Å². The Kier molecular flexibility index (Phi) is 4.34. The van der Waals surface area contributed by atoms with Crippen LogP contribution >= 0.6 is 0 Å². The van der Waals surface area contributed by atoms with Crippen molar-refractivity contribution in [2.75, 3.05) is 0 Å². The predicted molar refractivity (Wildman–Crippen MR) is 79.0 cm³/mol. The van der Waals surface area contributed by atoms with E-state index in [0.717, 1.165) is 22.8 Å². The van der Waals surface area contributed by atoms with Crippen LogP contribution in [-0.4, -0.2) is 15.7 Å². The first-order chi connectivity index (χ1) is 9.31. The van der Waals surface area contributed by atoms with Gasteiger partial charge in [0, 0.05) is 12.4 Å². The number of hydrogen-bond donors (Lipinski definition) is 0. The molecule has 2 aromatic rings. The van der Waals surface area contributed by atoms with Crippen molar-refractivity contribution < 1.29 is 0 Å². The van der Waals surface area contributed by atoms with E-state index in [2.05, 4.69) is 21.5 Å². The molecule has 0 amide bonds. The third kappa shape index (κ3) is 3.45. The number of allylic oxidation sites excluding steroid dienone is 2. The first-order valence-electron chi connectivity index (χ1n) is 6.02. The third-order valence-electron chi connectivity index (χ3n) is 2.54. The van der Waals surface area contributed by atoms with Crippen molar-refractivity contribution in [3.8, 4) is 11.4 Å². The molecule has 2 rings (SSSR count). The van der Waals surface area contributed by atoms with Crippen LogP contribution in [0.1, 0.15) is 12.6 Å². The fourth-order valence-electron chi connectivity index (χ4n) is 1.57. The lowest BCUT2D eigenvalue weighted by Gasteiger charge is -2.03. The molecule has 94 valence electrons. The summed E-state index contributed by atoms with van der Waals surface area (Å²) in [5.74, 6) is 0. The molecule has 2 aromatic heterocycles. The molecule has 3 nitrogen and oxygen atoms in total. The van der Waals surface area contributed by atoms with Gasteiger partial charge in [-0.3, -0.25) is 9.98 Å². The van der Waals surface area contributed by atoms with E-state index < -0.39 is 0 Å². The van der Waals surface area contributed by atoms with Crippen LogP contribution in [-0.2, 0) is 0 Å². The zero-order valence-electron chi connectivity index (χ0n) is 10.8. The Labute approximate surface area is 113 Å². The lowest BCUT2D eigenvalue weighted by atomic mass is 10.2. The fourth-order valence-corrected chi connectivity index (χ4v) is 1.57. The summed E-state index contributed by atoms with van der Waals surface area (Å²) in [6.45, 7) is 5.53. The highest BCUT2D eigenvalue weighted by atomic mass is 14.8. The van der Waals surface area contributed by atoms with Crippen LogP contribution in [0.25, 0.3) is 11.4 Å². The smallest absolute Gasteiger partial charge is 0.0894 e. The molecule has 2 heterocycles. The van der Waals surface area contributed by atoms with E-state index in [9.17, 15) is 0 Å². The van der Waals surface area contributed by atoms with Gasteiger partial charge in [-0.25, -0.2) is 4.98 Å². The maximum absolute atomic E-state index is 4.57. The molecule has 0 unspecified atom stereocenters. The van der Waals surface area contributed by atoms with Crippen LogP contribution in [0.2, 0.25) is 0 Å². The second-order valence-electron chi connectivity index (χ2n) is 3.91. The molecule has 0 N–H and O–H groups in total. The van der Waals surface area contributed by atoms with Crippen LogP contribution in [0.4, 0.5) is 0 Å². The molecule has 0 radical (unpaired) electrons. The summed E-state index contributed by atoms with van der Waals surface area (Å²) in [6.07, 6.45) is 6.94. The summed E-state index contributed by atoms with van der Waals surface area (Å²) in [5.41, 5.74) is 3.41. The monoisotopic (exact) mass is 249 g/mol. The van der Waals surface area contributed by atoms with Gasteiger partial charge in [0.05, 0.1) is 22.8 Å². The van der Waals surface area contributed by atoms with Gasteiger partial charge in [-0.2, -0.15) is 0 Å². The Balaban J connectivity index is 2.32. The Morgan fingerprint density at radius 2 is 2.00 bits per heavy atom. The zero-order chi connectivity index (χ0) is 13.5. The molecule has 0 aromatic carbocycles. The van der Waals surface area contributed by atoms with Gasteiger partial charge in [-0.15, -0.1) is 0 Å². The molecule has 0 bridgehead atoms. The van der Waals surface area contributed by atoms with Crippen molar-refractivity contribution in [3.63, 3.8) is 0 Å². The van der Waals surface area contributed by atoms with Crippen LogP contribution in [0.15, 0.2) is 72.5 Å². The fraction of sp³-hybridized carbons (Fsp3) is 0.0625. The largest absolute Gasteiger partial charge is 0.259 e. The van der Waals surface area contributed by atoms with Gasteiger partial charge >= 0.3 is 0 Å². The third-order valence-corrected chi connectivity index (χ3v) is 2.54. The van der Waals surface area contributed by atoms with Crippen molar-refractivity contribution >= 4 is 5.71 Å². The molecule has 0 saturated carbocycles. The van der Waals surface area contributed by atoms with Crippen molar-refractivity contribution in [2.24, 2.45) is 4.99 Å². The summed E-state index contributed by atoms with van der Waals surface area (Å²) >= 11 is 0. The van der Waals surface area contributed by atoms with Crippen LogP contribution in [0, 0.1) is 0 Å². The molecule has 0 aliphatic rings. The standard InChI is InChI=1S/C16H15N3/c1-3-4-11-17-13(2)14-9-7-10-16(19-14)15-8-5-6-12-18-15/h3-12H,1H2,2H3/b11-4-,17-13+. The minimum Gasteiger partial charge on any atom is -0.259 e. The van der Waals surface area contributed by atoms with Crippen LogP contribution in [0.3, 0.4) is 0 Å². The van der Waals surface area contributed by atoms with Crippen molar-refractivity contribution in [2.45, 2.75) is 6.92 Å². The van der Waals surface area contributed by atoms with Gasteiger partial charge < -0.3 is 0 Å². The molecular formula is C16H15N3. The molecule has 0 aliphatic heterocycles. The molecule has 0 spiro atoms. The molecule has 19 heavy (non-hydrogen) atoms. The van der Waals surface area contributed by atoms with E-state index >= 15 is 0 Å². The molecule has 0 aliphatic carbocycles. The topological polar surface area (TPSA) is 38.1 Å². The van der Waals surface area contributed by atoms with E-state index in [1.54, 1.807) is 24.5 Å². The summed E-state index contributed by atoms with van der Waals surface area (Å²) in [5, 5.41) is 0. The van der Waals surface area contributed by atoms with Crippen molar-refractivity contribution in [1.29, 1.82) is 0 Å². The number of hydrogen-bond acceptors (Lipinski definition) is 3. The average Bonchev–Trinajstić information content (AvgIpc) is 2.48. The number of aliphatic imine (C=N–C) groups is 1. The van der Waals surface area contributed by atoms with Gasteiger partial charge in [-0.05, 0) is 37.3 Å². The van der Waals surface area contributed by atoms with Crippen LogP contribution < -0.4 is 0 Å². The Morgan fingerprint density at radius 3 is 2.74 bits per heavy atom. The van der Waals surface area contributed by atoms with Gasteiger partial charge in [-0.1, -0.05) is 24.8 Å². The average molecular weight is 249 g/mol. The van der Waals surface area contributed by atoms with Crippen molar-refractivity contribution in [1.82, 2.24) is 9.97 Å². The quantitative estimate of drug-likeness (QED) is 0.612. The lowest BCUT2D eigenvalue weighted by molar-refractivity contribution is 1.22. The van der Waals surface area contributed by atoms with E-state index in [0.29, 0.717) is 0 Å². The van der Waals surface area contributed by atoms with E-state index in [1.807, 2.05) is 43.3 Å². The maximum Gasteiger partial charge on any atom is 0.0894 e. The Hall–Kier alpha value is -2.55. The predicted octanol–water partition coefficient (Wildman–Crippen LogP) is 3.65. The minimum absolute atomic E-state index is 0.844. The van der Waals surface area contributed by atoms with Crippen LogP contribution in [0.5, 0.6) is 0 Å². The van der Waals surface area contributed by atoms with Gasteiger partial charge in [0.25, 0.3) is 0 Å². The van der Waals surface area contributed by atoms with E-state index in [-0.39, 0.29) is 0 Å². The number of aromatic nitrogens is 2. The summed E-state index contributed by atoms with van der Waals surface area (Å²) < 4.78 is 0. The second-order valence-corrected chi connectivity index (χ2v) is 3.91. The van der Waals surface area contributed by atoms with Crippen molar-refractivity contribution in [3.05, 3.63) is 73.2 Å². The molecular weight excluding hydrogens is 234 g/mol. The Morgan fingerprint density at radius 1 is 1.16 bits per heavy atom. The minimum atomic E-state index is 0.844. The zero-order valence-corrected chi connectivity index (χ0v) is 10.8. The van der Waals surface area contributed by atoms with E-state index in [1.165, 1.54) is 0 Å². The van der Waals surface area contributed by atoms with Gasteiger partial charge in [0.15, 0.2) is 0 Å². The first kappa shape index (κ1) is 12.9. The van der Waals surface area contributed by atoms with Gasteiger partial charge in [0.1, 0.15) is 0 Å². The number of nitrogens with zero attached hydrogens (tertiary/aromatic N) is 3. The molecule has 0 fully saturated rings. The Bertz CT molecular complexity index is 613. The van der Waals surface area contributed by atoms with E-state index in [4.69, 9.17) is 0 Å². The highest BCUT2D eigenvalue weighted by Crippen LogP contribution is 2.14. The number of pyridine rings is 2. The second kappa shape index (κ2) is 6.40. The summed E-state index contributed by atoms with van der Waals surface area (Å²) in [4.78, 5) is 13.2. The summed E-state index contributed by atoms with van der Waals surface area (Å²) in [7, 11) is 0. The molecule has 0 saturated heterocycles. The highest BCUT2D eigenvalue weighted by molar-refractivity contribution is 5.97. The molecule has 0 atom stereocenters.